The summed E-state index contributed by atoms with van der Waals surface area (Å²) in [6.07, 6.45) is 1.77. The van der Waals surface area contributed by atoms with Crippen LogP contribution in [0, 0.1) is 0 Å². The van der Waals surface area contributed by atoms with Crippen LogP contribution in [-0.2, 0) is 28.3 Å². The number of thioether (sulfide) groups is 1. The number of carbonyl (C=O) groups excluding carboxylic acids is 1. The molecule has 0 aliphatic heterocycles. The molecule has 0 radical (unpaired) electrons. The molecule has 154 valence electrons. The minimum absolute atomic E-state index is 0.0182. The molecule has 1 amide bonds. The first kappa shape index (κ1) is 21.4. The van der Waals surface area contributed by atoms with E-state index in [0.29, 0.717) is 10.7 Å². The fraction of sp³-hybridized carbons (Fsp3) is 0.300. The molecule has 3 aromatic rings. The number of fused-ring (bicyclic) bond motifs is 1. The number of aryl methyl sites for hydroxylation is 2. The maximum atomic E-state index is 12.3. The van der Waals surface area contributed by atoms with Gasteiger partial charge in [0.25, 0.3) is 0 Å². The normalized spacial score (nSPS) is 12.8. The Bertz CT molecular complexity index is 1110. The van der Waals surface area contributed by atoms with Crippen LogP contribution in [0.2, 0.25) is 0 Å². The van der Waals surface area contributed by atoms with Crippen LogP contribution in [-0.4, -0.2) is 35.7 Å². The average molecular weight is 433 g/mol. The zero-order chi connectivity index (χ0) is 21.0. The summed E-state index contributed by atoms with van der Waals surface area (Å²) in [6.45, 7) is 2.00. The van der Waals surface area contributed by atoms with Gasteiger partial charge < -0.3 is 9.88 Å². The smallest absolute Gasteiger partial charge is 0.238 e. The second-order valence-electron chi connectivity index (χ2n) is 6.93. The maximum absolute atomic E-state index is 12.3. The number of nitrogens with one attached hydrogen (secondary N) is 1. The average Bonchev–Trinajstić information content (AvgIpc) is 3.00. The Balaban J connectivity index is 1.56. The molecule has 7 nitrogen and oxygen atoms in total. The number of rotatable bonds is 8. The molecule has 9 heteroatoms. The lowest BCUT2D eigenvalue weighted by Gasteiger charge is -2.13. The molecule has 0 fully saturated rings. The molecule has 1 heterocycles. The molecule has 29 heavy (non-hydrogen) atoms. The second kappa shape index (κ2) is 8.98. The van der Waals surface area contributed by atoms with Gasteiger partial charge in [-0.3, -0.25) is 4.79 Å². The van der Waals surface area contributed by atoms with Gasteiger partial charge in [-0.2, -0.15) is 0 Å². The first-order valence-electron chi connectivity index (χ1n) is 9.19. The molecule has 3 rings (SSSR count). The summed E-state index contributed by atoms with van der Waals surface area (Å²) < 4.78 is 24.9. The molecule has 0 saturated heterocycles. The van der Waals surface area contributed by atoms with E-state index in [-0.39, 0.29) is 22.6 Å². The largest absolute Gasteiger partial charge is 0.353 e. The van der Waals surface area contributed by atoms with Crippen molar-refractivity contribution in [3.63, 3.8) is 0 Å². The number of benzene rings is 2. The Hall–Kier alpha value is -2.36. The maximum Gasteiger partial charge on any atom is 0.238 e. The first-order chi connectivity index (χ1) is 13.7. The van der Waals surface area contributed by atoms with Crippen LogP contribution in [0.25, 0.3) is 11.0 Å². The summed E-state index contributed by atoms with van der Waals surface area (Å²) >= 11 is 1.31. The van der Waals surface area contributed by atoms with Gasteiger partial charge in [0.2, 0.25) is 15.9 Å². The molecule has 0 bridgehead atoms. The van der Waals surface area contributed by atoms with Crippen molar-refractivity contribution in [2.45, 2.75) is 35.9 Å². The highest BCUT2D eigenvalue weighted by molar-refractivity contribution is 7.99. The molecule has 2 aromatic carbocycles. The topological polar surface area (TPSA) is 107 Å². The highest BCUT2D eigenvalue weighted by Crippen LogP contribution is 2.24. The number of nitrogens with zero attached hydrogens (tertiary/aromatic N) is 2. The molecule has 0 aliphatic carbocycles. The fourth-order valence-electron chi connectivity index (χ4n) is 3.01. The molecule has 1 aromatic heterocycles. The third-order valence-electron chi connectivity index (χ3n) is 4.59. The predicted molar refractivity (Wildman–Crippen MR) is 115 cm³/mol. The van der Waals surface area contributed by atoms with E-state index in [4.69, 9.17) is 5.14 Å². The van der Waals surface area contributed by atoms with Gasteiger partial charge in [-0.25, -0.2) is 18.5 Å². The van der Waals surface area contributed by atoms with Gasteiger partial charge in [0.1, 0.15) is 0 Å². The predicted octanol–water partition coefficient (Wildman–Crippen LogP) is 2.45. The Labute approximate surface area is 174 Å². The van der Waals surface area contributed by atoms with Crippen molar-refractivity contribution in [2.24, 2.45) is 12.2 Å². The number of sulfonamides is 1. The van der Waals surface area contributed by atoms with Crippen LogP contribution in [0.4, 0.5) is 0 Å². The van der Waals surface area contributed by atoms with E-state index < -0.39 is 10.0 Å². The first-order valence-corrected chi connectivity index (χ1v) is 11.7. The van der Waals surface area contributed by atoms with Crippen molar-refractivity contribution < 1.29 is 13.2 Å². The third-order valence-corrected chi connectivity index (χ3v) is 6.53. The van der Waals surface area contributed by atoms with E-state index >= 15 is 0 Å². The van der Waals surface area contributed by atoms with Gasteiger partial charge in [0.05, 0.1) is 21.7 Å². The van der Waals surface area contributed by atoms with Gasteiger partial charge in [-0.1, -0.05) is 42.1 Å². The number of carbonyl (C=O) groups is 1. The van der Waals surface area contributed by atoms with Crippen molar-refractivity contribution in [2.75, 3.05) is 5.75 Å². The van der Waals surface area contributed by atoms with Crippen LogP contribution >= 0.6 is 11.8 Å². The van der Waals surface area contributed by atoms with E-state index in [1.807, 2.05) is 36.7 Å². The van der Waals surface area contributed by atoms with Gasteiger partial charge in [0, 0.05) is 13.1 Å². The van der Waals surface area contributed by atoms with Crippen molar-refractivity contribution in [3.05, 3.63) is 54.1 Å². The lowest BCUT2D eigenvalue weighted by atomic mass is 10.1. The third kappa shape index (κ3) is 5.59. The van der Waals surface area contributed by atoms with Crippen LogP contribution < -0.4 is 10.5 Å². The Morgan fingerprint density at radius 3 is 2.66 bits per heavy atom. The number of primary sulfonamides is 1. The van der Waals surface area contributed by atoms with Gasteiger partial charge in [-0.15, -0.1) is 0 Å². The number of nitrogens with two attached hydrogens (primary N) is 1. The molecule has 0 spiro atoms. The SMILES string of the molecule is C[C@@H](CCc1ccccc1)NC(=O)CSc1nc2cc(S(N)(=O)=O)ccc2n1C. The fourth-order valence-corrected chi connectivity index (χ4v) is 4.34. The molecule has 0 aliphatic rings. The molecule has 3 N–H and O–H groups in total. The highest BCUT2D eigenvalue weighted by atomic mass is 32.2. The molecule has 0 unspecified atom stereocenters. The standard InChI is InChI=1S/C20H24N4O3S2/c1-14(8-9-15-6-4-3-5-7-15)22-19(25)13-28-20-23-17-12-16(29(21,26)27)10-11-18(17)24(20)2/h3-7,10-12,14H,8-9,13H2,1-2H3,(H,22,25)(H2,21,26,27)/t14-/m0/s1. The van der Waals surface area contributed by atoms with E-state index in [1.54, 1.807) is 6.07 Å². The molecule has 0 saturated carbocycles. The quantitative estimate of drug-likeness (QED) is 0.532. The minimum atomic E-state index is -3.78. The Kier molecular flexibility index (Phi) is 6.61. The van der Waals surface area contributed by atoms with E-state index in [2.05, 4.69) is 22.4 Å². The monoisotopic (exact) mass is 432 g/mol. The number of hydrogen-bond donors (Lipinski definition) is 2. The van der Waals surface area contributed by atoms with E-state index in [1.165, 1.54) is 29.5 Å². The Morgan fingerprint density at radius 1 is 1.24 bits per heavy atom. The number of amides is 1. The zero-order valence-electron chi connectivity index (χ0n) is 16.3. The zero-order valence-corrected chi connectivity index (χ0v) is 18.0. The Morgan fingerprint density at radius 2 is 1.97 bits per heavy atom. The molecule has 1 atom stereocenters. The van der Waals surface area contributed by atoms with E-state index in [9.17, 15) is 13.2 Å². The summed E-state index contributed by atoms with van der Waals surface area (Å²) in [5.74, 6) is 0.169. The van der Waals surface area contributed by atoms with Crippen LogP contribution in [0.5, 0.6) is 0 Å². The lowest BCUT2D eigenvalue weighted by Crippen LogP contribution is -2.34. The van der Waals surface area contributed by atoms with Crippen molar-refractivity contribution in [1.82, 2.24) is 14.9 Å². The lowest BCUT2D eigenvalue weighted by molar-refractivity contribution is -0.119. The van der Waals surface area contributed by atoms with Crippen LogP contribution in [0.15, 0.2) is 58.6 Å². The number of aromatic nitrogens is 2. The van der Waals surface area contributed by atoms with Gasteiger partial charge >= 0.3 is 0 Å². The summed E-state index contributed by atoms with van der Waals surface area (Å²) in [4.78, 5) is 16.7. The van der Waals surface area contributed by atoms with Crippen molar-refractivity contribution in [3.8, 4) is 0 Å². The van der Waals surface area contributed by atoms with Crippen molar-refractivity contribution in [1.29, 1.82) is 0 Å². The molecular formula is C20H24N4O3S2. The molecular weight excluding hydrogens is 408 g/mol. The number of imidazole rings is 1. The minimum Gasteiger partial charge on any atom is -0.353 e. The summed E-state index contributed by atoms with van der Waals surface area (Å²) in [6, 6.07) is 14.8. The summed E-state index contributed by atoms with van der Waals surface area (Å²) in [5, 5.41) is 8.83. The van der Waals surface area contributed by atoms with Crippen LogP contribution in [0.3, 0.4) is 0 Å². The summed E-state index contributed by atoms with van der Waals surface area (Å²) in [7, 11) is -1.95. The summed E-state index contributed by atoms with van der Waals surface area (Å²) in [5.41, 5.74) is 2.55. The van der Waals surface area contributed by atoms with Crippen LogP contribution in [0.1, 0.15) is 18.9 Å². The second-order valence-corrected chi connectivity index (χ2v) is 9.43. The van der Waals surface area contributed by atoms with Gasteiger partial charge in [0.15, 0.2) is 5.16 Å². The number of hydrogen-bond acceptors (Lipinski definition) is 5. The van der Waals surface area contributed by atoms with Gasteiger partial charge in [-0.05, 0) is 43.5 Å². The highest BCUT2D eigenvalue weighted by Gasteiger charge is 2.15. The van der Waals surface area contributed by atoms with Crippen molar-refractivity contribution >= 4 is 38.7 Å². The van der Waals surface area contributed by atoms with E-state index in [0.717, 1.165) is 18.4 Å².